The molecule has 1 saturated carbocycles. The number of halogens is 2. The van der Waals surface area contributed by atoms with Crippen molar-refractivity contribution in [2.45, 2.75) is 57.6 Å². The molecule has 0 aliphatic heterocycles. The van der Waals surface area contributed by atoms with E-state index in [-0.39, 0.29) is 17.5 Å². The van der Waals surface area contributed by atoms with Gasteiger partial charge in [-0.2, -0.15) is 0 Å². The van der Waals surface area contributed by atoms with E-state index in [2.05, 4.69) is 22.9 Å². The molecule has 1 aromatic carbocycles. The summed E-state index contributed by atoms with van der Waals surface area (Å²) < 4.78 is 20.5. The van der Waals surface area contributed by atoms with Crippen LogP contribution in [0.15, 0.2) is 22.7 Å². The highest BCUT2D eigenvalue weighted by atomic mass is 79.9. The molecule has 0 bridgehead atoms. The molecule has 0 aromatic heterocycles. The Labute approximate surface area is 135 Å². The first kappa shape index (κ1) is 16.9. The maximum absolute atomic E-state index is 13.5. The van der Waals surface area contributed by atoms with Crippen LogP contribution in [0.25, 0.3) is 0 Å². The van der Waals surface area contributed by atoms with Gasteiger partial charge in [-0.05, 0) is 55.9 Å². The molecule has 21 heavy (non-hydrogen) atoms. The van der Waals surface area contributed by atoms with E-state index in [0.29, 0.717) is 18.9 Å². The van der Waals surface area contributed by atoms with Crippen LogP contribution in [0.5, 0.6) is 0 Å². The van der Waals surface area contributed by atoms with Crippen molar-refractivity contribution in [3.05, 3.63) is 34.1 Å². The van der Waals surface area contributed by atoms with Crippen molar-refractivity contribution < 1.29 is 9.13 Å². The molecule has 0 amide bonds. The van der Waals surface area contributed by atoms with Gasteiger partial charge in [0.1, 0.15) is 5.82 Å². The van der Waals surface area contributed by atoms with Crippen molar-refractivity contribution in [2.75, 3.05) is 6.61 Å². The second-order valence-corrected chi connectivity index (χ2v) is 7.10. The van der Waals surface area contributed by atoms with Gasteiger partial charge in [0.2, 0.25) is 0 Å². The Hall–Kier alpha value is -0.450. The molecule has 0 spiro atoms. The molecule has 2 nitrogen and oxygen atoms in total. The van der Waals surface area contributed by atoms with Crippen LogP contribution in [0.2, 0.25) is 0 Å². The van der Waals surface area contributed by atoms with Crippen molar-refractivity contribution in [1.29, 1.82) is 0 Å². The highest BCUT2D eigenvalue weighted by molar-refractivity contribution is 9.10. The molecule has 0 heterocycles. The second-order valence-electron chi connectivity index (χ2n) is 6.25. The van der Waals surface area contributed by atoms with Crippen LogP contribution in [-0.2, 0) is 11.2 Å². The molecule has 1 fully saturated rings. The maximum Gasteiger partial charge on any atom is 0.123 e. The lowest BCUT2D eigenvalue weighted by Crippen LogP contribution is -2.53. The maximum atomic E-state index is 13.5. The van der Waals surface area contributed by atoms with Crippen molar-refractivity contribution in [2.24, 2.45) is 11.7 Å². The van der Waals surface area contributed by atoms with Crippen LogP contribution < -0.4 is 5.73 Å². The van der Waals surface area contributed by atoms with Gasteiger partial charge in [0, 0.05) is 17.1 Å². The average molecular weight is 358 g/mol. The van der Waals surface area contributed by atoms with E-state index in [0.717, 1.165) is 29.3 Å². The van der Waals surface area contributed by atoms with E-state index in [1.165, 1.54) is 12.5 Å². The standard InChI is InChI=1S/C17H25BrFNO/c1-3-21-17(8-4-5-12(2)11-17)16(20)10-13-9-14(19)6-7-15(13)18/h6-7,9,12,16H,3-5,8,10-11,20H2,1-2H3. The smallest absolute Gasteiger partial charge is 0.123 e. The topological polar surface area (TPSA) is 35.2 Å². The lowest BCUT2D eigenvalue weighted by molar-refractivity contribution is -0.0925. The zero-order valence-electron chi connectivity index (χ0n) is 12.9. The fourth-order valence-corrected chi connectivity index (χ4v) is 3.94. The molecule has 2 N–H and O–H groups in total. The molecule has 3 unspecified atom stereocenters. The number of rotatable bonds is 5. The van der Waals surface area contributed by atoms with Crippen LogP contribution >= 0.6 is 15.9 Å². The number of nitrogens with two attached hydrogens (primary N) is 1. The van der Waals surface area contributed by atoms with Gasteiger partial charge < -0.3 is 10.5 Å². The summed E-state index contributed by atoms with van der Waals surface area (Å²) in [7, 11) is 0. The second kappa shape index (κ2) is 7.21. The number of hydrogen-bond acceptors (Lipinski definition) is 2. The van der Waals surface area contributed by atoms with Gasteiger partial charge in [0.15, 0.2) is 0 Å². The fourth-order valence-electron chi connectivity index (χ4n) is 3.53. The third kappa shape index (κ3) is 4.05. The number of ether oxygens (including phenoxy) is 1. The Morgan fingerprint density at radius 1 is 1.52 bits per heavy atom. The third-order valence-electron chi connectivity index (χ3n) is 4.55. The summed E-state index contributed by atoms with van der Waals surface area (Å²) in [6, 6.07) is 4.66. The van der Waals surface area contributed by atoms with Gasteiger partial charge >= 0.3 is 0 Å². The number of benzene rings is 1. The summed E-state index contributed by atoms with van der Waals surface area (Å²) in [5.74, 6) is 0.412. The average Bonchev–Trinajstić information content (AvgIpc) is 2.43. The fraction of sp³-hybridized carbons (Fsp3) is 0.647. The predicted molar refractivity (Wildman–Crippen MR) is 87.8 cm³/mol. The Morgan fingerprint density at radius 3 is 2.95 bits per heavy atom. The molecule has 1 aliphatic carbocycles. The summed E-state index contributed by atoms with van der Waals surface area (Å²) in [5, 5.41) is 0. The lowest BCUT2D eigenvalue weighted by Gasteiger charge is -2.44. The number of hydrogen-bond donors (Lipinski definition) is 1. The van der Waals surface area contributed by atoms with Gasteiger partial charge in [-0.1, -0.05) is 35.7 Å². The molecule has 2 rings (SSSR count). The monoisotopic (exact) mass is 357 g/mol. The SMILES string of the molecule is CCOC1(C(N)Cc2cc(F)ccc2Br)CCCC(C)C1. The first-order chi connectivity index (χ1) is 9.97. The van der Waals surface area contributed by atoms with Crippen molar-refractivity contribution in [1.82, 2.24) is 0 Å². The Bertz CT molecular complexity index is 478. The molecule has 1 aromatic rings. The van der Waals surface area contributed by atoms with Crippen molar-refractivity contribution in [3.8, 4) is 0 Å². The Morgan fingerprint density at radius 2 is 2.29 bits per heavy atom. The Kier molecular flexibility index (Phi) is 5.81. The van der Waals surface area contributed by atoms with E-state index in [1.54, 1.807) is 12.1 Å². The zero-order valence-corrected chi connectivity index (χ0v) is 14.5. The highest BCUT2D eigenvalue weighted by Gasteiger charge is 2.41. The largest absolute Gasteiger partial charge is 0.374 e. The van der Waals surface area contributed by atoms with E-state index in [1.807, 2.05) is 6.92 Å². The van der Waals surface area contributed by atoms with Gasteiger partial charge in [0.05, 0.1) is 5.60 Å². The molecule has 118 valence electrons. The summed E-state index contributed by atoms with van der Waals surface area (Å²) in [5.41, 5.74) is 7.17. The zero-order chi connectivity index (χ0) is 15.5. The molecular weight excluding hydrogens is 333 g/mol. The van der Waals surface area contributed by atoms with Crippen LogP contribution in [0, 0.1) is 11.7 Å². The van der Waals surface area contributed by atoms with E-state index in [9.17, 15) is 4.39 Å². The normalized spacial score (nSPS) is 27.6. The summed E-state index contributed by atoms with van der Waals surface area (Å²) in [6.45, 7) is 4.95. The molecular formula is C17H25BrFNO. The quantitative estimate of drug-likeness (QED) is 0.844. The minimum absolute atomic E-state index is 0.113. The van der Waals surface area contributed by atoms with E-state index in [4.69, 9.17) is 10.5 Å². The van der Waals surface area contributed by atoms with E-state index < -0.39 is 0 Å². The van der Waals surface area contributed by atoms with Gasteiger partial charge in [-0.15, -0.1) is 0 Å². The first-order valence-electron chi connectivity index (χ1n) is 7.80. The van der Waals surface area contributed by atoms with Crippen molar-refractivity contribution in [3.63, 3.8) is 0 Å². The summed E-state index contributed by atoms with van der Waals surface area (Å²) in [6.07, 6.45) is 5.02. The Balaban J connectivity index is 2.18. The van der Waals surface area contributed by atoms with Gasteiger partial charge in [-0.3, -0.25) is 0 Å². The molecule has 3 atom stereocenters. The van der Waals surface area contributed by atoms with Crippen LogP contribution in [0.1, 0.15) is 45.1 Å². The lowest BCUT2D eigenvalue weighted by atomic mass is 9.73. The highest BCUT2D eigenvalue weighted by Crippen LogP contribution is 2.38. The minimum atomic E-state index is -0.266. The summed E-state index contributed by atoms with van der Waals surface area (Å²) in [4.78, 5) is 0. The third-order valence-corrected chi connectivity index (χ3v) is 5.32. The predicted octanol–water partition coefficient (Wildman–Crippen LogP) is 4.44. The van der Waals surface area contributed by atoms with Crippen LogP contribution in [0.4, 0.5) is 4.39 Å². The van der Waals surface area contributed by atoms with Crippen molar-refractivity contribution >= 4 is 15.9 Å². The molecule has 4 heteroatoms. The van der Waals surface area contributed by atoms with Crippen LogP contribution in [0.3, 0.4) is 0 Å². The molecule has 0 saturated heterocycles. The first-order valence-corrected chi connectivity index (χ1v) is 8.59. The van der Waals surface area contributed by atoms with E-state index >= 15 is 0 Å². The van der Waals surface area contributed by atoms with Crippen LogP contribution in [-0.4, -0.2) is 18.2 Å². The van der Waals surface area contributed by atoms with Gasteiger partial charge in [-0.25, -0.2) is 4.39 Å². The summed E-state index contributed by atoms with van der Waals surface area (Å²) >= 11 is 3.49. The molecule has 1 aliphatic rings. The van der Waals surface area contributed by atoms with Gasteiger partial charge in [0.25, 0.3) is 0 Å². The minimum Gasteiger partial charge on any atom is -0.374 e. The molecule has 0 radical (unpaired) electrons.